The standard InChI is InChI=1S/C24H30N2O2/c1-24(2,3)21-15-13-20(14-16-21)23(28)26-25-22(27)19-11-9-18(10-12-19)17-7-5-4-6-8-17/h4-8,13-16,18-19H,9-12H2,1-3H3,(H,25,27)(H,26,28). The van der Waals surface area contributed by atoms with Crippen LogP contribution in [0.2, 0.25) is 0 Å². The predicted molar refractivity (Wildman–Crippen MR) is 112 cm³/mol. The zero-order valence-corrected chi connectivity index (χ0v) is 17.0. The van der Waals surface area contributed by atoms with E-state index in [0.717, 1.165) is 25.7 Å². The lowest BCUT2D eigenvalue weighted by Gasteiger charge is -2.28. The van der Waals surface area contributed by atoms with Crippen LogP contribution in [0.1, 0.15) is 73.9 Å². The Balaban J connectivity index is 1.47. The molecular weight excluding hydrogens is 348 g/mol. The van der Waals surface area contributed by atoms with Gasteiger partial charge in [-0.1, -0.05) is 63.2 Å². The molecule has 4 heteroatoms. The average Bonchev–Trinajstić information content (AvgIpc) is 2.72. The van der Waals surface area contributed by atoms with Crippen LogP contribution >= 0.6 is 0 Å². The molecule has 0 radical (unpaired) electrons. The smallest absolute Gasteiger partial charge is 0.269 e. The number of hydrogen-bond acceptors (Lipinski definition) is 2. The number of nitrogens with one attached hydrogen (secondary N) is 2. The molecule has 4 nitrogen and oxygen atoms in total. The molecule has 0 saturated heterocycles. The van der Waals surface area contributed by atoms with Crippen LogP contribution in [0.5, 0.6) is 0 Å². The predicted octanol–water partition coefficient (Wildman–Crippen LogP) is 4.72. The minimum Gasteiger partial charge on any atom is -0.273 e. The topological polar surface area (TPSA) is 58.2 Å². The first-order valence-electron chi connectivity index (χ1n) is 10.1. The van der Waals surface area contributed by atoms with Gasteiger partial charge in [0.05, 0.1) is 0 Å². The van der Waals surface area contributed by atoms with Crippen molar-refractivity contribution in [3.8, 4) is 0 Å². The van der Waals surface area contributed by atoms with Crippen molar-refractivity contribution in [2.75, 3.05) is 0 Å². The van der Waals surface area contributed by atoms with E-state index in [1.54, 1.807) is 12.1 Å². The number of rotatable bonds is 3. The van der Waals surface area contributed by atoms with Crippen molar-refractivity contribution in [1.82, 2.24) is 10.9 Å². The van der Waals surface area contributed by atoms with E-state index >= 15 is 0 Å². The molecule has 0 heterocycles. The Bertz CT molecular complexity index is 799. The van der Waals surface area contributed by atoms with E-state index < -0.39 is 0 Å². The molecule has 2 aromatic rings. The average molecular weight is 379 g/mol. The number of benzene rings is 2. The Hall–Kier alpha value is -2.62. The third kappa shape index (κ3) is 5.00. The first kappa shape index (κ1) is 20.1. The monoisotopic (exact) mass is 378 g/mol. The molecule has 2 N–H and O–H groups in total. The van der Waals surface area contributed by atoms with Crippen molar-refractivity contribution in [3.63, 3.8) is 0 Å². The summed E-state index contributed by atoms with van der Waals surface area (Å²) in [5, 5.41) is 0. The largest absolute Gasteiger partial charge is 0.273 e. The van der Waals surface area contributed by atoms with Crippen molar-refractivity contribution in [3.05, 3.63) is 71.3 Å². The molecule has 1 aliphatic carbocycles. The summed E-state index contributed by atoms with van der Waals surface area (Å²) in [6, 6.07) is 18.0. The number of hydrazine groups is 1. The van der Waals surface area contributed by atoms with E-state index in [2.05, 4.69) is 55.9 Å². The molecule has 0 aromatic heterocycles. The van der Waals surface area contributed by atoms with E-state index in [-0.39, 0.29) is 23.1 Å². The Kier molecular flexibility index (Phi) is 6.18. The SMILES string of the molecule is CC(C)(C)c1ccc(C(=O)NNC(=O)C2CCC(c3ccccc3)CC2)cc1. The normalized spacial score (nSPS) is 19.7. The van der Waals surface area contributed by atoms with Gasteiger partial charge in [-0.3, -0.25) is 20.4 Å². The highest BCUT2D eigenvalue weighted by Crippen LogP contribution is 2.35. The molecular formula is C24H30N2O2. The first-order valence-corrected chi connectivity index (χ1v) is 10.1. The van der Waals surface area contributed by atoms with Crippen molar-refractivity contribution in [2.45, 2.75) is 57.8 Å². The second kappa shape index (κ2) is 8.59. The highest BCUT2D eigenvalue weighted by molar-refractivity contribution is 5.95. The van der Waals surface area contributed by atoms with Gasteiger partial charge in [0.1, 0.15) is 0 Å². The van der Waals surface area contributed by atoms with Crippen LogP contribution in [0.3, 0.4) is 0 Å². The maximum absolute atomic E-state index is 12.4. The van der Waals surface area contributed by atoms with Crippen LogP contribution in [-0.4, -0.2) is 11.8 Å². The number of hydrogen-bond donors (Lipinski definition) is 2. The third-order valence-corrected chi connectivity index (χ3v) is 5.68. The van der Waals surface area contributed by atoms with Crippen molar-refractivity contribution in [2.24, 2.45) is 5.92 Å². The van der Waals surface area contributed by atoms with E-state index in [9.17, 15) is 9.59 Å². The van der Waals surface area contributed by atoms with Crippen molar-refractivity contribution in [1.29, 1.82) is 0 Å². The fourth-order valence-electron chi connectivity index (χ4n) is 3.83. The zero-order chi connectivity index (χ0) is 20.1. The fraction of sp³-hybridized carbons (Fsp3) is 0.417. The molecule has 2 amide bonds. The molecule has 1 saturated carbocycles. The Morgan fingerprint density at radius 1 is 0.821 bits per heavy atom. The van der Waals surface area contributed by atoms with Crippen LogP contribution in [0, 0.1) is 5.92 Å². The van der Waals surface area contributed by atoms with Gasteiger partial charge in [0, 0.05) is 11.5 Å². The van der Waals surface area contributed by atoms with Gasteiger partial charge < -0.3 is 0 Å². The molecule has 1 fully saturated rings. The van der Waals surface area contributed by atoms with Crippen molar-refractivity contribution >= 4 is 11.8 Å². The van der Waals surface area contributed by atoms with Gasteiger partial charge in [0.25, 0.3) is 5.91 Å². The summed E-state index contributed by atoms with van der Waals surface area (Å²) in [5.74, 6) is 0.114. The summed E-state index contributed by atoms with van der Waals surface area (Å²) in [6.07, 6.45) is 3.71. The van der Waals surface area contributed by atoms with Gasteiger partial charge in [-0.2, -0.15) is 0 Å². The molecule has 0 spiro atoms. The third-order valence-electron chi connectivity index (χ3n) is 5.68. The zero-order valence-electron chi connectivity index (χ0n) is 17.0. The number of carbonyl (C=O) groups is 2. The lowest BCUT2D eigenvalue weighted by molar-refractivity contribution is -0.126. The van der Waals surface area contributed by atoms with Gasteiger partial charge in [0.2, 0.25) is 5.91 Å². The molecule has 2 aromatic carbocycles. The molecule has 0 atom stereocenters. The van der Waals surface area contributed by atoms with Crippen LogP contribution in [0.4, 0.5) is 0 Å². The summed E-state index contributed by atoms with van der Waals surface area (Å²) in [5.41, 5.74) is 8.28. The maximum atomic E-state index is 12.4. The van der Waals surface area contributed by atoms with Crippen LogP contribution in [0.15, 0.2) is 54.6 Å². The molecule has 0 aliphatic heterocycles. The summed E-state index contributed by atoms with van der Waals surface area (Å²) < 4.78 is 0. The summed E-state index contributed by atoms with van der Waals surface area (Å²) in [6.45, 7) is 6.40. The van der Waals surface area contributed by atoms with Gasteiger partial charge in [-0.15, -0.1) is 0 Å². The highest BCUT2D eigenvalue weighted by atomic mass is 16.2. The van der Waals surface area contributed by atoms with Gasteiger partial charge in [0.15, 0.2) is 0 Å². The molecule has 0 unspecified atom stereocenters. The Labute approximate surface area is 167 Å². The minimum atomic E-state index is -0.285. The summed E-state index contributed by atoms with van der Waals surface area (Å²) >= 11 is 0. The molecule has 0 bridgehead atoms. The first-order chi connectivity index (χ1) is 13.3. The minimum absolute atomic E-state index is 0.0384. The van der Waals surface area contributed by atoms with Crippen molar-refractivity contribution < 1.29 is 9.59 Å². The highest BCUT2D eigenvalue weighted by Gasteiger charge is 2.27. The quantitative estimate of drug-likeness (QED) is 0.759. The Morgan fingerprint density at radius 3 is 2.00 bits per heavy atom. The van der Waals surface area contributed by atoms with E-state index in [4.69, 9.17) is 0 Å². The van der Waals surface area contributed by atoms with Crippen LogP contribution < -0.4 is 10.9 Å². The summed E-state index contributed by atoms with van der Waals surface area (Å²) in [4.78, 5) is 24.7. The lowest BCUT2D eigenvalue weighted by atomic mass is 9.78. The second-order valence-electron chi connectivity index (χ2n) is 8.73. The maximum Gasteiger partial charge on any atom is 0.269 e. The molecule has 3 rings (SSSR count). The molecule has 1 aliphatic rings. The fourth-order valence-corrected chi connectivity index (χ4v) is 3.83. The number of amides is 2. The van der Waals surface area contributed by atoms with E-state index in [1.165, 1.54) is 11.1 Å². The molecule has 148 valence electrons. The van der Waals surface area contributed by atoms with E-state index in [0.29, 0.717) is 11.5 Å². The second-order valence-corrected chi connectivity index (χ2v) is 8.73. The van der Waals surface area contributed by atoms with Gasteiger partial charge in [-0.25, -0.2) is 0 Å². The lowest BCUT2D eigenvalue weighted by Crippen LogP contribution is -2.45. The van der Waals surface area contributed by atoms with Crippen LogP contribution in [0.25, 0.3) is 0 Å². The van der Waals surface area contributed by atoms with E-state index in [1.807, 2.05) is 18.2 Å². The summed E-state index contributed by atoms with van der Waals surface area (Å²) in [7, 11) is 0. The number of carbonyl (C=O) groups excluding carboxylic acids is 2. The van der Waals surface area contributed by atoms with Gasteiger partial charge >= 0.3 is 0 Å². The Morgan fingerprint density at radius 2 is 1.43 bits per heavy atom. The van der Waals surface area contributed by atoms with Gasteiger partial charge in [-0.05, 0) is 60.3 Å². The van der Waals surface area contributed by atoms with Crippen LogP contribution in [-0.2, 0) is 10.2 Å². The molecule has 28 heavy (non-hydrogen) atoms.